The summed E-state index contributed by atoms with van der Waals surface area (Å²) in [6.45, 7) is 3.34. The van der Waals surface area contributed by atoms with Crippen LogP contribution in [-0.4, -0.2) is 44.7 Å². The zero-order valence-corrected chi connectivity index (χ0v) is 13.3. The molecule has 2 rings (SSSR count). The lowest BCUT2D eigenvalue weighted by molar-refractivity contribution is -0.127. The molecule has 1 heterocycles. The molecule has 0 bridgehead atoms. The fourth-order valence-corrected chi connectivity index (χ4v) is 3.43. The fraction of sp³-hybridized carbons (Fsp3) is 0.533. The Morgan fingerprint density at radius 1 is 1.32 bits per heavy atom. The third-order valence-corrected chi connectivity index (χ3v) is 4.50. The first-order valence-electron chi connectivity index (χ1n) is 7.29. The van der Waals surface area contributed by atoms with Gasteiger partial charge in [0, 0.05) is 25.4 Å². The summed E-state index contributed by atoms with van der Waals surface area (Å²) in [6.07, 6.45) is 0.777. The summed E-state index contributed by atoms with van der Waals surface area (Å²) in [5.74, 6) is -0.322. The van der Waals surface area contributed by atoms with Crippen LogP contribution < -0.4 is 4.74 Å². The van der Waals surface area contributed by atoms with Crippen molar-refractivity contribution in [2.75, 3.05) is 25.4 Å². The van der Waals surface area contributed by atoms with Crippen LogP contribution in [0.15, 0.2) is 24.3 Å². The van der Waals surface area contributed by atoms with E-state index in [0.29, 0.717) is 26.1 Å². The van der Waals surface area contributed by atoms with E-state index in [1.807, 2.05) is 31.2 Å². The van der Waals surface area contributed by atoms with Crippen LogP contribution in [0.1, 0.15) is 18.9 Å². The second kappa shape index (κ2) is 7.09. The maximum Gasteiger partial charge on any atom is 0.302 e. The number of likely N-dealkylation sites (tertiary alicyclic amines) is 1. The lowest BCUT2D eigenvalue weighted by Gasteiger charge is -2.16. The standard InChI is InChI=1S/C15H20FNO4S/c1-2-21-14-5-3-12(4-6-14)7-8-17-10-13(9-15(17)18)11-22(16,19)20/h3-6,13H,2,7-11H2,1H3. The molecule has 0 N–H and O–H groups in total. The van der Waals surface area contributed by atoms with E-state index >= 15 is 0 Å². The summed E-state index contributed by atoms with van der Waals surface area (Å²) in [6, 6.07) is 7.64. The van der Waals surface area contributed by atoms with Gasteiger partial charge in [-0.05, 0) is 31.0 Å². The molecule has 0 radical (unpaired) electrons. The van der Waals surface area contributed by atoms with Crippen LogP contribution in [0.5, 0.6) is 5.75 Å². The molecule has 1 aliphatic rings. The number of amides is 1. The summed E-state index contributed by atoms with van der Waals surface area (Å²) in [5.41, 5.74) is 1.07. The van der Waals surface area contributed by atoms with Crippen molar-refractivity contribution in [3.63, 3.8) is 0 Å². The van der Waals surface area contributed by atoms with Gasteiger partial charge in [-0.3, -0.25) is 4.79 Å². The lowest BCUT2D eigenvalue weighted by Crippen LogP contribution is -2.28. The molecule has 1 aromatic carbocycles. The number of halogens is 1. The first kappa shape index (κ1) is 16.7. The average Bonchev–Trinajstić information content (AvgIpc) is 2.76. The van der Waals surface area contributed by atoms with Crippen LogP contribution in [0, 0.1) is 5.92 Å². The molecule has 1 fully saturated rings. The van der Waals surface area contributed by atoms with E-state index in [2.05, 4.69) is 0 Å². The van der Waals surface area contributed by atoms with E-state index in [1.165, 1.54) is 0 Å². The minimum absolute atomic E-state index is 0.104. The van der Waals surface area contributed by atoms with Gasteiger partial charge in [0.2, 0.25) is 5.91 Å². The SMILES string of the molecule is CCOc1ccc(CCN2CC(CS(=O)(=O)F)CC2=O)cc1. The average molecular weight is 329 g/mol. The van der Waals surface area contributed by atoms with Gasteiger partial charge in [-0.25, -0.2) is 0 Å². The number of hydrogen-bond acceptors (Lipinski definition) is 4. The van der Waals surface area contributed by atoms with Gasteiger partial charge in [-0.2, -0.15) is 8.42 Å². The van der Waals surface area contributed by atoms with Gasteiger partial charge in [0.05, 0.1) is 12.4 Å². The molecule has 122 valence electrons. The Morgan fingerprint density at radius 3 is 2.59 bits per heavy atom. The highest BCUT2D eigenvalue weighted by molar-refractivity contribution is 7.86. The van der Waals surface area contributed by atoms with Crippen molar-refractivity contribution in [2.45, 2.75) is 19.8 Å². The molecule has 22 heavy (non-hydrogen) atoms. The van der Waals surface area contributed by atoms with Crippen molar-refractivity contribution in [2.24, 2.45) is 5.92 Å². The number of ether oxygens (including phenoxy) is 1. The molecule has 0 saturated carbocycles. The Labute approximate surface area is 130 Å². The Bertz CT molecular complexity index is 615. The third kappa shape index (κ3) is 4.98. The first-order chi connectivity index (χ1) is 10.4. The molecule has 1 saturated heterocycles. The summed E-state index contributed by atoms with van der Waals surface area (Å²) in [7, 11) is -4.52. The molecule has 1 amide bonds. The zero-order valence-electron chi connectivity index (χ0n) is 12.5. The van der Waals surface area contributed by atoms with Crippen LogP contribution in [-0.2, 0) is 21.4 Å². The Hall–Kier alpha value is -1.63. The van der Waals surface area contributed by atoms with Gasteiger partial charge in [0.25, 0.3) is 0 Å². The molecule has 7 heteroatoms. The van der Waals surface area contributed by atoms with Gasteiger partial charge in [0.15, 0.2) is 0 Å². The van der Waals surface area contributed by atoms with Crippen molar-refractivity contribution < 1.29 is 21.8 Å². The quantitative estimate of drug-likeness (QED) is 0.715. The van der Waals surface area contributed by atoms with Crippen LogP contribution in [0.4, 0.5) is 3.89 Å². The van der Waals surface area contributed by atoms with E-state index in [-0.39, 0.29) is 12.3 Å². The fourth-order valence-electron chi connectivity index (χ4n) is 2.65. The Balaban J connectivity index is 1.85. The van der Waals surface area contributed by atoms with Crippen molar-refractivity contribution in [1.82, 2.24) is 4.90 Å². The van der Waals surface area contributed by atoms with Crippen LogP contribution in [0.3, 0.4) is 0 Å². The molecule has 1 atom stereocenters. The molecule has 1 unspecified atom stereocenters. The number of carbonyl (C=O) groups is 1. The van der Waals surface area contributed by atoms with E-state index in [9.17, 15) is 17.1 Å². The molecular formula is C15H20FNO4S. The maximum atomic E-state index is 12.7. The predicted octanol–water partition coefficient (Wildman–Crippen LogP) is 1.78. The van der Waals surface area contributed by atoms with Crippen LogP contribution >= 0.6 is 0 Å². The smallest absolute Gasteiger partial charge is 0.302 e. The van der Waals surface area contributed by atoms with Gasteiger partial charge in [-0.15, -0.1) is 3.89 Å². The zero-order chi connectivity index (χ0) is 16.2. The summed E-state index contributed by atoms with van der Waals surface area (Å²) in [4.78, 5) is 13.4. The second-order valence-electron chi connectivity index (χ2n) is 5.44. The van der Waals surface area contributed by atoms with Crippen molar-refractivity contribution in [1.29, 1.82) is 0 Å². The highest BCUT2D eigenvalue weighted by Crippen LogP contribution is 2.21. The molecule has 5 nitrogen and oxygen atoms in total. The summed E-state index contributed by atoms with van der Waals surface area (Å²) in [5, 5.41) is 0. The molecule has 1 aliphatic heterocycles. The highest BCUT2D eigenvalue weighted by atomic mass is 32.3. The van der Waals surface area contributed by atoms with Gasteiger partial charge in [0.1, 0.15) is 5.75 Å². The first-order valence-corrected chi connectivity index (χ1v) is 8.84. The van der Waals surface area contributed by atoms with E-state index < -0.39 is 21.9 Å². The summed E-state index contributed by atoms with van der Waals surface area (Å²) < 4.78 is 39.3. The number of rotatable bonds is 7. The minimum Gasteiger partial charge on any atom is -0.494 e. The largest absolute Gasteiger partial charge is 0.494 e. The molecule has 0 spiro atoms. The number of hydrogen-bond donors (Lipinski definition) is 0. The number of nitrogens with zero attached hydrogens (tertiary/aromatic N) is 1. The van der Waals surface area contributed by atoms with Crippen molar-refractivity contribution in [3.8, 4) is 5.75 Å². The number of carbonyl (C=O) groups excluding carboxylic acids is 1. The topological polar surface area (TPSA) is 63.7 Å². The monoisotopic (exact) mass is 329 g/mol. The van der Waals surface area contributed by atoms with Crippen LogP contribution in [0.2, 0.25) is 0 Å². The van der Waals surface area contributed by atoms with Gasteiger partial charge in [-0.1, -0.05) is 12.1 Å². The molecule has 0 aliphatic carbocycles. The second-order valence-corrected chi connectivity index (χ2v) is 6.85. The third-order valence-electron chi connectivity index (χ3n) is 3.63. The van der Waals surface area contributed by atoms with Crippen molar-refractivity contribution in [3.05, 3.63) is 29.8 Å². The Morgan fingerprint density at radius 2 is 2.00 bits per heavy atom. The van der Waals surface area contributed by atoms with E-state index in [1.54, 1.807) is 4.90 Å². The minimum atomic E-state index is -4.52. The normalized spacial score (nSPS) is 18.7. The molecular weight excluding hydrogens is 309 g/mol. The van der Waals surface area contributed by atoms with E-state index in [4.69, 9.17) is 4.74 Å². The van der Waals surface area contributed by atoms with E-state index in [0.717, 1.165) is 11.3 Å². The van der Waals surface area contributed by atoms with Gasteiger partial charge >= 0.3 is 10.2 Å². The van der Waals surface area contributed by atoms with Gasteiger partial charge < -0.3 is 9.64 Å². The number of benzene rings is 1. The molecule has 1 aromatic rings. The van der Waals surface area contributed by atoms with Crippen LogP contribution in [0.25, 0.3) is 0 Å². The molecule has 0 aromatic heterocycles. The summed E-state index contributed by atoms with van der Waals surface area (Å²) >= 11 is 0. The Kier molecular flexibility index (Phi) is 5.39. The maximum absolute atomic E-state index is 12.7. The predicted molar refractivity (Wildman–Crippen MR) is 80.9 cm³/mol. The highest BCUT2D eigenvalue weighted by Gasteiger charge is 2.32. The van der Waals surface area contributed by atoms with Crippen molar-refractivity contribution >= 4 is 16.1 Å². The lowest BCUT2D eigenvalue weighted by atomic mass is 10.1.